The Morgan fingerprint density at radius 2 is 2.00 bits per heavy atom. The Hall–Kier alpha value is -2.89. The fourth-order valence-electron chi connectivity index (χ4n) is 2.67. The fourth-order valence-corrected chi connectivity index (χ4v) is 3.46. The van der Waals surface area contributed by atoms with Crippen molar-refractivity contribution in [2.45, 2.75) is 31.5 Å². The highest BCUT2D eigenvalue weighted by molar-refractivity contribution is 7.99. The summed E-state index contributed by atoms with van der Waals surface area (Å²) in [5, 5.41) is 31.4. The summed E-state index contributed by atoms with van der Waals surface area (Å²) < 4.78 is 7.29. The minimum atomic E-state index is -0.673. The third-order valence-corrected chi connectivity index (χ3v) is 5.14. The molecule has 0 spiro atoms. The van der Waals surface area contributed by atoms with Gasteiger partial charge in [0.1, 0.15) is 12.4 Å². The molecule has 0 aliphatic rings. The van der Waals surface area contributed by atoms with E-state index in [1.54, 1.807) is 16.8 Å². The molecule has 0 aliphatic carbocycles. The van der Waals surface area contributed by atoms with Gasteiger partial charge in [0, 0.05) is 5.75 Å². The van der Waals surface area contributed by atoms with Crippen LogP contribution in [0, 0.1) is 25.2 Å². The van der Waals surface area contributed by atoms with Gasteiger partial charge >= 0.3 is 0 Å². The van der Waals surface area contributed by atoms with Crippen LogP contribution >= 0.6 is 11.8 Å². The number of aliphatic hydroxyl groups excluding tert-OH is 1. The van der Waals surface area contributed by atoms with Gasteiger partial charge in [-0.1, -0.05) is 41.6 Å². The molecule has 8 heteroatoms. The molecule has 1 unspecified atom stereocenters. The van der Waals surface area contributed by atoms with Gasteiger partial charge in [-0.05, 0) is 53.6 Å². The fraction of sp³-hybridized carbons (Fsp3) is 0.300. The Morgan fingerprint density at radius 1 is 1.21 bits per heavy atom. The first-order chi connectivity index (χ1) is 13.6. The largest absolute Gasteiger partial charge is 0.491 e. The average molecular weight is 395 g/mol. The van der Waals surface area contributed by atoms with Crippen molar-refractivity contribution in [2.75, 3.05) is 12.4 Å². The predicted octanol–water partition coefficient (Wildman–Crippen LogP) is 2.88. The van der Waals surface area contributed by atoms with E-state index in [9.17, 15) is 5.11 Å². The predicted molar refractivity (Wildman–Crippen MR) is 107 cm³/mol. The van der Waals surface area contributed by atoms with Gasteiger partial charge in [0.25, 0.3) is 0 Å². The van der Waals surface area contributed by atoms with Gasteiger partial charge in [0.15, 0.2) is 0 Å². The lowest BCUT2D eigenvalue weighted by molar-refractivity contribution is 0.126. The molecule has 28 heavy (non-hydrogen) atoms. The van der Waals surface area contributed by atoms with Crippen LogP contribution in [0.3, 0.4) is 0 Å². The number of hydrogen-bond donors (Lipinski definition) is 1. The van der Waals surface area contributed by atoms with E-state index in [1.807, 2.05) is 38.1 Å². The number of benzene rings is 2. The van der Waals surface area contributed by atoms with Crippen LogP contribution in [0.25, 0.3) is 5.69 Å². The average Bonchev–Trinajstić information content (AvgIpc) is 3.14. The molecule has 0 saturated carbocycles. The third-order valence-electron chi connectivity index (χ3n) is 4.08. The molecule has 0 radical (unpaired) electrons. The molecule has 3 rings (SSSR count). The van der Waals surface area contributed by atoms with E-state index in [2.05, 4.69) is 27.7 Å². The number of aryl methyl sites for hydroxylation is 2. The Morgan fingerprint density at radius 3 is 2.71 bits per heavy atom. The minimum absolute atomic E-state index is 0.162. The molecule has 0 aliphatic heterocycles. The van der Waals surface area contributed by atoms with Gasteiger partial charge in [-0.2, -0.15) is 9.94 Å². The Labute approximate surface area is 168 Å². The van der Waals surface area contributed by atoms with Crippen LogP contribution in [-0.2, 0) is 6.42 Å². The highest BCUT2D eigenvalue weighted by Gasteiger charge is 2.14. The molecular formula is C20H21N5O2S. The van der Waals surface area contributed by atoms with Gasteiger partial charge in [-0.25, -0.2) is 0 Å². The van der Waals surface area contributed by atoms with Crippen molar-refractivity contribution in [3.8, 4) is 17.5 Å². The van der Waals surface area contributed by atoms with Crippen LogP contribution in [-0.4, -0.2) is 43.8 Å². The van der Waals surface area contributed by atoms with E-state index < -0.39 is 6.10 Å². The van der Waals surface area contributed by atoms with Crippen LogP contribution in [0.2, 0.25) is 0 Å². The first kappa shape index (κ1) is 19.9. The molecule has 1 aromatic heterocycles. The van der Waals surface area contributed by atoms with Crippen molar-refractivity contribution in [2.24, 2.45) is 0 Å². The number of hydrogen-bond acceptors (Lipinski definition) is 7. The summed E-state index contributed by atoms with van der Waals surface area (Å²) in [7, 11) is 0. The van der Waals surface area contributed by atoms with E-state index in [1.165, 1.54) is 17.3 Å². The summed E-state index contributed by atoms with van der Waals surface area (Å²) in [6.07, 6.45) is -0.303. The maximum Gasteiger partial charge on any atom is 0.214 e. The number of aliphatic hydroxyl groups is 1. The second-order valence-electron chi connectivity index (χ2n) is 6.42. The summed E-state index contributed by atoms with van der Waals surface area (Å²) in [5.74, 6) is 1.06. The number of nitriles is 1. The van der Waals surface area contributed by atoms with Crippen LogP contribution in [0.5, 0.6) is 5.75 Å². The molecule has 0 saturated heterocycles. The number of thioether (sulfide) groups is 1. The van der Waals surface area contributed by atoms with E-state index in [4.69, 9.17) is 10.00 Å². The maximum absolute atomic E-state index is 10.2. The second-order valence-corrected chi connectivity index (χ2v) is 7.41. The smallest absolute Gasteiger partial charge is 0.214 e. The monoisotopic (exact) mass is 395 g/mol. The zero-order valence-electron chi connectivity index (χ0n) is 15.7. The van der Waals surface area contributed by atoms with E-state index in [-0.39, 0.29) is 6.61 Å². The van der Waals surface area contributed by atoms with Crippen LogP contribution in [0.4, 0.5) is 0 Å². The summed E-state index contributed by atoms with van der Waals surface area (Å²) >= 11 is 1.37. The van der Waals surface area contributed by atoms with E-state index in [0.717, 1.165) is 16.8 Å². The van der Waals surface area contributed by atoms with Gasteiger partial charge < -0.3 is 9.84 Å². The number of rotatable bonds is 8. The molecular weight excluding hydrogens is 374 g/mol. The van der Waals surface area contributed by atoms with Gasteiger partial charge in [-0.15, -0.1) is 5.10 Å². The number of ether oxygens (including phenoxy) is 1. The molecule has 0 bridgehead atoms. The first-order valence-corrected chi connectivity index (χ1v) is 9.81. The van der Waals surface area contributed by atoms with Crippen molar-refractivity contribution in [3.05, 3.63) is 59.2 Å². The highest BCUT2D eigenvalue weighted by atomic mass is 32.2. The highest BCUT2D eigenvalue weighted by Crippen LogP contribution is 2.22. The summed E-state index contributed by atoms with van der Waals surface area (Å²) in [6, 6.07) is 15.5. The van der Waals surface area contributed by atoms with E-state index >= 15 is 0 Å². The topological polar surface area (TPSA) is 96.8 Å². The number of nitrogens with zero attached hydrogens (tertiary/aromatic N) is 5. The molecule has 3 aromatic rings. The lowest BCUT2D eigenvalue weighted by Crippen LogP contribution is -2.20. The summed E-state index contributed by atoms with van der Waals surface area (Å²) in [6.45, 7) is 4.22. The van der Waals surface area contributed by atoms with Crippen LogP contribution in [0.1, 0.15) is 16.7 Å². The molecule has 7 nitrogen and oxygen atoms in total. The van der Waals surface area contributed by atoms with Crippen molar-refractivity contribution in [3.63, 3.8) is 0 Å². The van der Waals surface area contributed by atoms with Crippen LogP contribution in [0.15, 0.2) is 47.6 Å². The van der Waals surface area contributed by atoms with Crippen LogP contribution < -0.4 is 4.74 Å². The zero-order chi connectivity index (χ0) is 19.9. The Bertz CT molecular complexity index is 965. The zero-order valence-corrected chi connectivity index (χ0v) is 16.6. The van der Waals surface area contributed by atoms with Gasteiger partial charge in [0.05, 0.1) is 24.3 Å². The molecule has 0 amide bonds. The Balaban J connectivity index is 1.55. The first-order valence-electron chi connectivity index (χ1n) is 8.82. The standard InChI is InChI=1S/C20H21N5O2S/c1-14-3-8-19(15(2)11-14)25-20(22-23-24-25)28-13-17(26)12-27-18-6-4-16(5-7-18)9-10-21/h3-8,11,17,26H,9,12-13H2,1-2H3. The second kappa shape index (κ2) is 9.35. The number of aromatic nitrogens is 4. The normalized spacial score (nSPS) is 11.8. The third kappa shape index (κ3) is 5.09. The maximum atomic E-state index is 10.2. The molecule has 1 N–H and O–H groups in total. The van der Waals surface area contributed by atoms with Gasteiger partial charge in [0.2, 0.25) is 5.16 Å². The van der Waals surface area contributed by atoms with Crippen molar-refractivity contribution in [1.29, 1.82) is 5.26 Å². The summed E-state index contributed by atoms with van der Waals surface area (Å²) in [5.41, 5.74) is 4.11. The minimum Gasteiger partial charge on any atom is -0.491 e. The van der Waals surface area contributed by atoms with Gasteiger partial charge in [-0.3, -0.25) is 0 Å². The molecule has 1 heterocycles. The lowest BCUT2D eigenvalue weighted by atomic mass is 10.1. The quantitative estimate of drug-likeness (QED) is 0.586. The molecule has 1 atom stereocenters. The number of tetrazole rings is 1. The van der Waals surface area contributed by atoms with Crippen molar-refractivity contribution < 1.29 is 9.84 Å². The SMILES string of the molecule is Cc1ccc(-n2nnnc2SCC(O)COc2ccc(CC#N)cc2)c(C)c1. The van der Waals surface area contributed by atoms with Crippen molar-refractivity contribution in [1.82, 2.24) is 20.2 Å². The van der Waals surface area contributed by atoms with Crippen molar-refractivity contribution >= 4 is 11.8 Å². The lowest BCUT2D eigenvalue weighted by Gasteiger charge is -2.12. The summed E-state index contributed by atoms with van der Waals surface area (Å²) in [4.78, 5) is 0. The molecule has 144 valence electrons. The molecule has 0 fully saturated rings. The molecule has 2 aromatic carbocycles. The van der Waals surface area contributed by atoms with E-state index in [0.29, 0.717) is 23.1 Å². The Kier molecular flexibility index (Phi) is 6.63.